The number of pyridine rings is 1. The smallest absolute Gasteiger partial charge is 0.271 e. The second kappa shape index (κ2) is 9.63. The Labute approximate surface area is 200 Å². The first-order valence-corrected chi connectivity index (χ1v) is 13.6. The minimum absolute atomic E-state index is 0.0247. The molecule has 0 spiro atoms. The van der Waals surface area contributed by atoms with Gasteiger partial charge in [-0.05, 0) is 72.1 Å². The van der Waals surface area contributed by atoms with Crippen LogP contribution in [0.25, 0.3) is 0 Å². The van der Waals surface area contributed by atoms with Crippen LogP contribution >= 0.6 is 11.3 Å². The zero-order valence-electron chi connectivity index (χ0n) is 17.4. The van der Waals surface area contributed by atoms with Crippen molar-refractivity contribution in [1.29, 1.82) is 0 Å². The fourth-order valence-electron chi connectivity index (χ4n) is 2.87. The fourth-order valence-corrected chi connectivity index (χ4v) is 5.96. The van der Waals surface area contributed by atoms with Crippen LogP contribution in [0.4, 0.5) is 17.1 Å². The van der Waals surface area contributed by atoms with Crippen LogP contribution in [-0.2, 0) is 20.0 Å². The van der Waals surface area contributed by atoms with E-state index in [1.165, 1.54) is 67.0 Å². The molecule has 4 aromatic rings. The van der Waals surface area contributed by atoms with Gasteiger partial charge in [0.1, 0.15) is 4.21 Å². The number of anilines is 3. The van der Waals surface area contributed by atoms with Crippen molar-refractivity contribution in [3.63, 3.8) is 0 Å². The maximum Gasteiger partial charge on any atom is 0.271 e. The standard InChI is InChI=1S/C22H18N4O5S3/c27-22(16-5-7-18(8-6-16)25-34(30,31)21-4-2-14-32-21)24-17-9-11-20(12-10-17)33(28,29)26-19-3-1-13-23-15-19/h1-15,25-26H,(H,24,27). The van der Waals surface area contributed by atoms with Gasteiger partial charge in [0.15, 0.2) is 0 Å². The second-order valence-electron chi connectivity index (χ2n) is 6.94. The van der Waals surface area contributed by atoms with Crippen LogP contribution in [0, 0.1) is 0 Å². The van der Waals surface area contributed by atoms with E-state index in [-0.39, 0.29) is 9.10 Å². The molecule has 0 aliphatic heterocycles. The highest BCUT2D eigenvalue weighted by Gasteiger charge is 2.16. The molecule has 2 aromatic heterocycles. The molecule has 0 atom stereocenters. The highest BCUT2D eigenvalue weighted by atomic mass is 32.2. The van der Waals surface area contributed by atoms with Gasteiger partial charge in [-0.2, -0.15) is 0 Å². The van der Waals surface area contributed by atoms with Crippen molar-refractivity contribution in [3.8, 4) is 0 Å². The van der Waals surface area contributed by atoms with E-state index < -0.39 is 26.0 Å². The van der Waals surface area contributed by atoms with Crippen molar-refractivity contribution in [2.45, 2.75) is 9.10 Å². The highest BCUT2D eigenvalue weighted by molar-refractivity contribution is 7.94. The fraction of sp³-hybridized carbons (Fsp3) is 0. The van der Waals surface area contributed by atoms with Crippen LogP contribution in [0.1, 0.15) is 10.4 Å². The first kappa shape index (κ1) is 23.4. The Morgan fingerprint density at radius 2 is 1.41 bits per heavy atom. The largest absolute Gasteiger partial charge is 0.322 e. The van der Waals surface area contributed by atoms with Crippen molar-refractivity contribution in [2.75, 3.05) is 14.8 Å². The molecule has 0 aliphatic rings. The number of nitrogens with zero attached hydrogens (tertiary/aromatic N) is 1. The number of benzene rings is 2. The van der Waals surface area contributed by atoms with Gasteiger partial charge in [-0.15, -0.1) is 11.3 Å². The SMILES string of the molecule is O=C(Nc1ccc(S(=O)(=O)Nc2cccnc2)cc1)c1ccc(NS(=O)(=O)c2cccs2)cc1. The van der Waals surface area contributed by atoms with Gasteiger partial charge in [0.25, 0.3) is 26.0 Å². The Kier molecular flexibility index (Phi) is 6.63. The normalized spacial score (nSPS) is 11.5. The molecule has 0 fully saturated rings. The van der Waals surface area contributed by atoms with E-state index in [4.69, 9.17) is 0 Å². The molecular weight excluding hydrogens is 496 g/mol. The van der Waals surface area contributed by atoms with E-state index in [2.05, 4.69) is 19.7 Å². The number of hydrogen-bond donors (Lipinski definition) is 3. The molecule has 4 rings (SSSR count). The minimum atomic E-state index is -3.80. The van der Waals surface area contributed by atoms with E-state index in [1.54, 1.807) is 23.6 Å². The van der Waals surface area contributed by atoms with Crippen LogP contribution in [0.3, 0.4) is 0 Å². The topological polar surface area (TPSA) is 134 Å². The summed E-state index contributed by atoms with van der Waals surface area (Å²) in [6.07, 6.45) is 2.93. The molecule has 0 unspecified atom stereocenters. The number of sulfonamides is 2. The van der Waals surface area contributed by atoms with Gasteiger partial charge in [-0.3, -0.25) is 19.2 Å². The van der Waals surface area contributed by atoms with Crippen LogP contribution in [0.2, 0.25) is 0 Å². The lowest BCUT2D eigenvalue weighted by Crippen LogP contribution is -2.14. The van der Waals surface area contributed by atoms with Crippen molar-refractivity contribution in [2.24, 2.45) is 0 Å². The molecule has 9 nitrogen and oxygen atoms in total. The van der Waals surface area contributed by atoms with Gasteiger partial charge < -0.3 is 5.32 Å². The summed E-state index contributed by atoms with van der Waals surface area (Å²) in [6.45, 7) is 0. The Balaban J connectivity index is 1.40. The molecule has 34 heavy (non-hydrogen) atoms. The van der Waals surface area contributed by atoms with Crippen LogP contribution < -0.4 is 14.8 Å². The maximum atomic E-state index is 12.5. The molecule has 174 valence electrons. The third-order valence-corrected chi connectivity index (χ3v) is 8.67. The summed E-state index contributed by atoms with van der Waals surface area (Å²) in [7, 11) is -7.48. The third kappa shape index (κ3) is 5.60. The van der Waals surface area contributed by atoms with Gasteiger partial charge in [0.05, 0.1) is 16.8 Å². The lowest BCUT2D eigenvalue weighted by atomic mass is 10.2. The van der Waals surface area contributed by atoms with Crippen molar-refractivity contribution in [1.82, 2.24) is 4.98 Å². The molecule has 0 saturated heterocycles. The Bertz CT molecular complexity index is 1490. The summed E-state index contributed by atoms with van der Waals surface area (Å²) in [5.41, 5.74) is 1.35. The number of rotatable bonds is 8. The van der Waals surface area contributed by atoms with Crippen LogP contribution in [0.5, 0.6) is 0 Å². The third-order valence-electron chi connectivity index (χ3n) is 4.50. The molecule has 0 aliphatic carbocycles. The minimum Gasteiger partial charge on any atom is -0.322 e. The summed E-state index contributed by atoms with van der Waals surface area (Å²) in [6, 6.07) is 18.0. The molecule has 0 radical (unpaired) electrons. The van der Waals surface area contributed by atoms with Gasteiger partial charge >= 0.3 is 0 Å². The molecule has 0 saturated carbocycles. The number of carbonyl (C=O) groups excluding carboxylic acids is 1. The van der Waals surface area contributed by atoms with Crippen LogP contribution in [-0.4, -0.2) is 27.7 Å². The second-order valence-corrected chi connectivity index (χ2v) is 11.5. The number of carbonyl (C=O) groups is 1. The first-order valence-electron chi connectivity index (χ1n) is 9.74. The van der Waals surface area contributed by atoms with Gasteiger partial charge in [-0.1, -0.05) is 6.07 Å². The lowest BCUT2D eigenvalue weighted by Gasteiger charge is -2.10. The molecule has 3 N–H and O–H groups in total. The molecular formula is C22H18N4O5S3. The van der Waals surface area contributed by atoms with Gasteiger partial charge in [-0.25, -0.2) is 16.8 Å². The number of thiophene rings is 1. The predicted octanol–water partition coefficient (Wildman–Crippen LogP) is 4.00. The zero-order chi connectivity index (χ0) is 24.2. The Morgan fingerprint density at radius 3 is 2.03 bits per heavy atom. The summed E-state index contributed by atoms with van der Waals surface area (Å²) in [5, 5.41) is 4.34. The van der Waals surface area contributed by atoms with E-state index in [1.807, 2.05) is 0 Å². The van der Waals surface area contributed by atoms with E-state index in [0.29, 0.717) is 22.6 Å². The van der Waals surface area contributed by atoms with Crippen molar-refractivity contribution < 1.29 is 21.6 Å². The molecule has 2 heterocycles. The van der Waals surface area contributed by atoms with Crippen LogP contribution in [0.15, 0.2) is 99.7 Å². The summed E-state index contributed by atoms with van der Waals surface area (Å²) in [4.78, 5) is 16.4. The Morgan fingerprint density at radius 1 is 0.735 bits per heavy atom. The monoisotopic (exact) mass is 514 g/mol. The van der Waals surface area contributed by atoms with Crippen molar-refractivity contribution >= 4 is 54.4 Å². The van der Waals surface area contributed by atoms with E-state index in [9.17, 15) is 21.6 Å². The summed E-state index contributed by atoms with van der Waals surface area (Å²) >= 11 is 1.10. The summed E-state index contributed by atoms with van der Waals surface area (Å²) < 4.78 is 54.6. The first-order chi connectivity index (χ1) is 16.2. The van der Waals surface area contributed by atoms with Crippen molar-refractivity contribution in [3.05, 3.63) is 96.1 Å². The number of aromatic nitrogens is 1. The number of hydrogen-bond acceptors (Lipinski definition) is 7. The summed E-state index contributed by atoms with van der Waals surface area (Å²) in [5.74, 6) is -0.434. The van der Waals surface area contributed by atoms with Gasteiger partial charge in [0.2, 0.25) is 0 Å². The maximum absolute atomic E-state index is 12.5. The van der Waals surface area contributed by atoms with Gasteiger partial charge in [0, 0.05) is 23.1 Å². The Hall–Kier alpha value is -3.74. The average Bonchev–Trinajstić information content (AvgIpc) is 3.36. The van der Waals surface area contributed by atoms with E-state index >= 15 is 0 Å². The quantitative estimate of drug-likeness (QED) is 0.325. The molecule has 1 amide bonds. The zero-order valence-corrected chi connectivity index (χ0v) is 19.8. The lowest BCUT2D eigenvalue weighted by molar-refractivity contribution is 0.102. The predicted molar refractivity (Wildman–Crippen MR) is 131 cm³/mol. The molecule has 12 heteroatoms. The molecule has 0 bridgehead atoms. The average molecular weight is 515 g/mol. The number of nitrogens with one attached hydrogen (secondary N) is 3. The highest BCUT2D eigenvalue weighted by Crippen LogP contribution is 2.21. The molecule has 2 aromatic carbocycles. The van der Waals surface area contributed by atoms with E-state index in [0.717, 1.165) is 11.3 Å². The number of amides is 1.